The fourth-order valence-electron chi connectivity index (χ4n) is 3.08. The van der Waals surface area contributed by atoms with Crippen LogP contribution in [0.3, 0.4) is 0 Å². The van der Waals surface area contributed by atoms with Gasteiger partial charge in [0, 0.05) is 19.6 Å². The largest absolute Gasteiger partial charge is 0.337 e. The predicted molar refractivity (Wildman–Crippen MR) is 103 cm³/mol. The molecule has 140 valence electrons. The fourth-order valence-corrected chi connectivity index (χ4v) is 4.82. The molecule has 1 aliphatic heterocycles. The van der Waals surface area contributed by atoms with Crippen molar-refractivity contribution in [2.45, 2.75) is 30.7 Å². The van der Waals surface area contributed by atoms with Crippen LogP contribution < -0.4 is 10.0 Å². The van der Waals surface area contributed by atoms with Gasteiger partial charge in [-0.05, 0) is 54.3 Å². The molecule has 0 aliphatic carbocycles. The Kier molecular flexibility index (Phi) is 5.95. The summed E-state index contributed by atoms with van der Waals surface area (Å²) in [6, 6.07) is 8.69. The minimum Gasteiger partial charge on any atom is -0.337 e. The van der Waals surface area contributed by atoms with Gasteiger partial charge in [-0.1, -0.05) is 17.7 Å². The number of thiophene rings is 1. The van der Waals surface area contributed by atoms with Crippen molar-refractivity contribution < 1.29 is 13.2 Å². The van der Waals surface area contributed by atoms with E-state index in [-0.39, 0.29) is 30.1 Å². The quantitative estimate of drug-likeness (QED) is 0.741. The number of nitrogens with one attached hydrogen (secondary N) is 2. The van der Waals surface area contributed by atoms with E-state index in [2.05, 4.69) is 21.5 Å². The van der Waals surface area contributed by atoms with Gasteiger partial charge in [0.25, 0.3) is 0 Å². The minimum atomic E-state index is -3.55. The lowest BCUT2D eigenvalue weighted by molar-refractivity contribution is 0.193. The number of carbonyl (C=O) groups is 1. The van der Waals surface area contributed by atoms with Crippen LogP contribution in [-0.4, -0.2) is 39.0 Å². The molecule has 1 aromatic carbocycles. The van der Waals surface area contributed by atoms with Crippen molar-refractivity contribution in [1.29, 1.82) is 0 Å². The maximum atomic E-state index is 12.4. The molecule has 1 unspecified atom stereocenters. The van der Waals surface area contributed by atoms with Crippen LogP contribution in [-0.2, 0) is 10.0 Å². The van der Waals surface area contributed by atoms with Crippen molar-refractivity contribution >= 4 is 27.4 Å². The number of aryl methyl sites for hydroxylation is 1. The molecule has 0 spiro atoms. The number of sulfonamides is 1. The van der Waals surface area contributed by atoms with E-state index in [1.165, 1.54) is 5.56 Å². The van der Waals surface area contributed by atoms with E-state index in [4.69, 9.17) is 0 Å². The van der Waals surface area contributed by atoms with E-state index in [9.17, 15) is 13.2 Å². The highest BCUT2D eigenvalue weighted by atomic mass is 32.2. The average Bonchev–Trinajstić information content (AvgIpc) is 3.29. The summed E-state index contributed by atoms with van der Waals surface area (Å²) in [6.07, 6.45) is 1.94. The molecular formula is C18H23N3O3S2. The molecule has 6 nitrogen and oxygen atoms in total. The molecule has 2 amide bonds. The van der Waals surface area contributed by atoms with Crippen LogP contribution in [0.5, 0.6) is 0 Å². The van der Waals surface area contributed by atoms with E-state index in [1.54, 1.807) is 35.6 Å². The first kappa shape index (κ1) is 18.9. The van der Waals surface area contributed by atoms with Crippen LogP contribution in [0.1, 0.15) is 30.0 Å². The highest BCUT2D eigenvalue weighted by molar-refractivity contribution is 7.89. The SMILES string of the molecule is Cc1ccc(S(=O)(=O)NCCNC(=O)N2CCCC2c2ccsc2)cc1. The van der Waals surface area contributed by atoms with Gasteiger partial charge in [-0.15, -0.1) is 0 Å². The Morgan fingerprint density at radius 1 is 1.23 bits per heavy atom. The normalized spacial score (nSPS) is 17.4. The van der Waals surface area contributed by atoms with Crippen molar-refractivity contribution in [3.63, 3.8) is 0 Å². The van der Waals surface area contributed by atoms with E-state index < -0.39 is 10.0 Å². The summed E-state index contributed by atoms with van der Waals surface area (Å²) in [5, 5.41) is 6.91. The molecule has 3 rings (SSSR count). The molecular weight excluding hydrogens is 370 g/mol. The van der Waals surface area contributed by atoms with Crippen LogP contribution >= 0.6 is 11.3 Å². The van der Waals surface area contributed by atoms with Crippen molar-refractivity contribution in [2.75, 3.05) is 19.6 Å². The maximum absolute atomic E-state index is 12.4. The molecule has 26 heavy (non-hydrogen) atoms. The fraction of sp³-hybridized carbons (Fsp3) is 0.389. The van der Waals surface area contributed by atoms with Gasteiger partial charge in [-0.3, -0.25) is 0 Å². The highest BCUT2D eigenvalue weighted by Crippen LogP contribution is 2.32. The molecule has 0 bridgehead atoms. The Bertz CT molecular complexity index is 833. The van der Waals surface area contributed by atoms with Gasteiger partial charge in [0.1, 0.15) is 0 Å². The van der Waals surface area contributed by atoms with Crippen LogP contribution in [0.4, 0.5) is 4.79 Å². The number of hydrogen-bond donors (Lipinski definition) is 2. The third kappa shape index (κ3) is 4.44. The molecule has 1 saturated heterocycles. The summed E-state index contributed by atoms with van der Waals surface area (Å²) < 4.78 is 27.0. The summed E-state index contributed by atoms with van der Waals surface area (Å²) in [7, 11) is -3.55. The summed E-state index contributed by atoms with van der Waals surface area (Å²) in [6.45, 7) is 3.03. The van der Waals surface area contributed by atoms with Gasteiger partial charge in [0.05, 0.1) is 10.9 Å². The van der Waals surface area contributed by atoms with Gasteiger partial charge in [0.2, 0.25) is 10.0 Å². The van der Waals surface area contributed by atoms with Gasteiger partial charge < -0.3 is 10.2 Å². The first-order valence-corrected chi connectivity index (χ1v) is 11.0. The van der Waals surface area contributed by atoms with Gasteiger partial charge in [-0.25, -0.2) is 17.9 Å². The first-order chi connectivity index (χ1) is 12.5. The molecule has 0 saturated carbocycles. The first-order valence-electron chi connectivity index (χ1n) is 8.60. The molecule has 2 N–H and O–H groups in total. The number of benzene rings is 1. The van der Waals surface area contributed by atoms with Gasteiger partial charge in [0.15, 0.2) is 0 Å². The topological polar surface area (TPSA) is 78.5 Å². The summed E-state index contributed by atoms with van der Waals surface area (Å²) in [5.41, 5.74) is 2.17. The number of urea groups is 1. The zero-order valence-electron chi connectivity index (χ0n) is 14.6. The second-order valence-corrected chi connectivity index (χ2v) is 8.90. The van der Waals surface area contributed by atoms with Gasteiger partial charge in [-0.2, -0.15) is 11.3 Å². The van der Waals surface area contributed by atoms with E-state index in [1.807, 2.05) is 17.2 Å². The van der Waals surface area contributed by atoms with Gasteiger partial charge >= 0.3 is 6.03 Å². The van der Waals surface area contributed by atoms with Crippen LogP contribution in [0.2, 0.25) is 0 Å². The monoisotopic (exact) mass is 393 g/mol. The number of likely N-dealkylation sites (tertiary alicyclic amines) is 1. The number of amides is 2. The van der Waals surface area contributed by atoms with Crippen LogP contribution in [0, 0.1) is 6.92 Å². The molecule has 2 aromatic rings. The summed E-state index contributed by atoms with van der Waals surface area (Å²) in [4.78, 5) is 14.5. The standard InChI is InChI=1S/C18H23N3O3S2/c1-14-4-6-16(7-5-14)26(23,24)20-10-9-19-18(22)21-11-2-3-17(21)15-8-12-25-13-15/h4-8,12-13,17,20H,2-3,9-11H2,1H3,(H,19,22). The molecule has 1 aliphatic rings. The van der Waals surface area contributed by atoms with Crippen LogP contribution in [0.25, 0.3) is 0 Å². The zero-order valence-corrected chi connectivity index (χ0v) is 16.3. The number of rotatable bonds is 6. The molecule has 1 atom stereocenters. The molecule has 0 radical (unpaired) electrons. The number of carbonyl (C=O) groups excluding carboxylic acids is 1. The van der Waals surface area contributed by atoms with Crippen molar-refractivity contribution in [1.82, 2.24) is 14.9 Å². The Morgan fingerprint density at radius 2 is 2.00 bits per heavy atom. The van der Waals surface area contributed by atoms with Crippen LogP contribution in [0.15, 0.2) is 46.0 Å². The third-order valence-corrected chi connectivity index (χ3v) is 6.64. The van der Waals surface area contributed by atoms with E-state index >= 15 is 0 Å². The van der Waals surface area contributed by atoms with E-state index in [0.717, 1.165) is 24.9 Å². The lowest BCUT2D eigenvalue weighted by Gasteiger charge is -2.24. The minimum absolute atomic E-state index is 0.116. The second-order valence-electron chi connectivity index (χ2n) is 6.35. The Hall–Kier alpha value is -1.90. The highest BCUT2D eigenvalue weighted by Gasteiger charge is 2.29. The lowest BCUT2D eigenvalue weighted by atomic mass is 10.1. The second kappa shape index (κ2) is 8.20. The summed E-state index contributed by atoms with van der Waals surface area (Å²) in [5.74, 6) is 0. The molecule has 8 heteroatoms. The number of nitrogens with zero attached hydrogens (tertiary/aromatic N) is 1. The Labute approximate surface area is 158 Å². The predicted octanol–water partition coefficient (Wildman–Crippen LogP) is 2.88. The van der Waals surface area contributed by atoms with Crippen molar-refractivity contribution in [3.05, 3.63) is 52.2 Å². The lowest BCUT2D eigenvalue weighted by Crippen LogP contribution is -2.42. The maximum Gasteiger partial charge on any atom is 0.317 e. The zero-order chi connectivity index (χ0) is 18.6. The average molecular weight is 394 g/mol. The van der Waals surface area contributed by atoms with Crippen molar-refractivity contribution in [3.8, 4) is 0 Å². The third-order valence-electron chi connectivity index (χ3n) is 4.47. The molecule has 1 aromatic heterocycles. The van der Waals surface area contributed by atoms with E-state index in [0.29, 0.717) is 0 Å². The summed E-state index contributed by atoms with van der Waals surface area (Å²) >= 11 is 1.63. The smallest absolute Gasteiger partial charge is 0.317 e. The Morgan fingerprint density at radius 3 is 2.69 bits per heavy atom. The molecule has 1 fully saturated rings. The number of hydrogen-bond acceptors (Lipinski definition) is 4. The Balaban J connectivity index is 1.48. The van der Waals surface area contributed by atoms with Crippen molar-refractivity contribution in [2.24, 2.45) is 0 Å². The molecule has 2 heterocycles.